The fourth-order valence-corrected chi connectivity index (χ4v) is 3.80. The molecule has 1 aliphatic carbocycles. The van der Waals surface area contributed by atoms with Crippen molar-refractivity contribution >= 4 is 43.5 Å². The van der Waals surface area contributed by atoms with E-state index in [1.165, 1.54) is 0 Å². The molecule has 1 aliphatic rings. The molecule has 0 N–H and O–H groups in total. The highest BCUT2D eigenvalue weighted by Gasteiger charge is 2.25. The van der Waals surface area contributed by atoms with Crippen molar-refractivity contribution in [3.05, 3.63) is 56.0 Å². The highest BCUT2D eigenvalue weighted by Crippen LogP contribution is 2.36. The smallest absolute Gasteiger partial charge is 0.365 e. The molecule has 0 aliphatic heterocycles. The summed E-state index contributed by atoms with van der Waals surface area (Å²) in [5, 5.41) is 4.08. The number of halogens is 2. The monoisotopic (exact) mass is 467 g/mol. The minimum absolute atomic E-state index is 0.386. The van der Waals surface area contributed by atoms with Gasteiger partial charge in [0.25, 0.3) is 0 Å². The molecule has 0 bridgehead atoms. The van der Waals surface area contributed by atoms with E-state index in [1.807, 2.05) is 12.1 Å². The summed E-state index contributed by atoms with van der Waals surface area (Å²) in [4.78, 5) is 17.4. The van der Waals surface area contributed by atoms with Gasteiger partial charge in [-0.3, -0.25) is 0 Å². The normalized spacial score (nSPS) is 14.3. The van der Waals surface area contributed by atoms with E-state index in [0.717, 1.165) is 27.8 Å². The van der Waals surface area contributed by atoms with Crippen LogP contribution in [-0.4, -0.2) is 25.9 Å². The predicted octanol–water partition coefficient (Wildman–Crippen LogP) is 4.74. The number of rotatable bonds is 4. The van der Waals surface area contributed by atoms with Crippen LogP contribution in [-0.2, 0) is 11.3 Å². The van der Waals surface area contributed by atoms with Crippen LogP contribution in [0.4, 0.5) is 0 Å². The third kappa shape index (κ3) is 3.57. The molecule has 0 spiro atoms. The predicted molar refractivity (Wildman–Crippen MR) is 102 cm³/mol. The molecule has 0 saturated heterocycles. The van der Waals surface area contributed by atoms with Gasteiger partial charge in [0.05, 0.1) is 30.0 Å². The van der Waals surface area contributed by atoms with Gasteiger partial charge in [0.2, 0.25) is 0 Å². The van der Waals surface area contributed by atoms with E-state index in [9.17, 15) is 4.79 Å². The molecule has 25 heavy (non-hydrogen) atoms. The van der Waals surface area contributed by atoms with E-state index in [4.69, 9.17) is 14.3 Å². The van der Waals surface area contributed by atoms with E-state index in [0.29, 0.717) is 27.9 Å². The number of fused-ring (bicyclic) bond motifs is 1. The minimum Gasteiger partial charge on any atom is -0.496 e. The van der Waals surface area contributed by atoms with Crippen LogP contribution in [0.2, 0.25) is 0 Å². The molecule has 0 radical (unpaired) electrons. The first-order chi connectivity index (χ1) is 12.0. The molecule has 0 amide bonds. The first kappa shape index (κ1) is 17.9. The zero-order valence-electron chi connectivity index (χ0n) is 13.6. The molecule has 0 heterocycles. The van der Waals surface area contributed by atoms with E-state index < -0.39 is 5.97 Å². The largest absolute Gasteiger partial charge is 0.496 e. The Hall–Kier alpha value is -1.86. The standard InChI is InChI=1S/C18H15Br2NO4/c1-23-15-7-3-10(9-13(15)20)18(22)25-21-14-6-4-11-12(19)5-8-16(24-2)17(11)14/h3,5,7-9H,4,6H2,1-2H3/b21-14-. The van der Waals surface area contributed by atoms with Crippen LogP contribution < -0.4 is 9.47 Å². The Kier molecular flexibility index (Phi) is 5.44. The maximum Gasteiger partial charge on any atom is 0.365 e. The number of ether oxygens (including phenoxy) is 2. The summed E-state index contributed by atoms with van der Waals surface area (Å²) in [5.41, 5.74) is 3.09. The molecule has 2 aromatic carbocycles. The number of methoxy groups -OCH3 is 2. The van der Waals surface area contributed by atoms with Crippen LogP contribution in [0.15, 0.2) is 44.4 Å². The van der Waals surface area contributed by atoms with E-state index >= 15 is 0 Å². The Morgan fingerprint density at radius 1 is 1.00 bits per heavy atom. The van der Waals surface area contributed by atoms with E-state index in [-0.39, 0.29) is 0 Å². The fraction of sp³-hybridized carbons (Fsp3) is 0.222. The molecule has 0 atom stereocenters. The highest BCUT2D eigenvalue weighted by atomic mass is 79.9. The van der Waals surface area contributed by atoms with Crippen molar-refractivity contribution in [1.29, 1.82) is 0 Å². The van der Waals surface area contributed by atoms with Crippen molar-refractivity contribution < 1.29 is 19.1 Å². The summed E-state index contributed by atoms with van der Waals surface area (Å²) in [6.07, 6.45) is 1.51. The first-order valence-corrected chi connectivity index (χ1v) is 9.11. The van der Waals surface area contributed by atoms with Crippen LogP contribution >= 0.6 is 31.9 Å². The van der Waals surface area contributed by atoms with Crippen LogP contribution in [0.25, 0.3) is 0 Å². The van der Waals surface area contributed by atoms with Crippen molar-refractivity contribution in [2.75, 3.05) is 14.2 Å². The van der Waals surface area contributed by atoms with Gasteiger partial charge in [-0.15, -0.1) is 0 Å². The third-order valence-electron chi connectivity index (χ3n) is 3.96. The summed E-state index contributed by atoms with van der Waals surface area (Å²) in [7, 11) is 3.17. The van der Waals surface area contributed by atoms with Crippen molar-refractivity contribution in [2.24, 2.45) is 5.16 Å². The van der Waals surface area contributed by atoms with Crippen LogP contribution in [0.3, 0.4) is 0 Å². The van der Waals surface area contributed by atoms with Gasteiger partial charge in [0.1, 0.15) is 11.5 Å². The van der Waals surface area contributed by atoms with Crippen molar-refractivity contribution in [1.82, 2.24) is 0 Å². The van der Waals surface area contributed by atoms with Gasteiger partial charge in [-0.2, -0.15) is 0 Å². The number of oxime groups is 1. The van der Waals surface area contributed by atoms with Gasteiger partial charge in [0, 0.05) is 10.0 Å². The molecule has 5 nitrogen and oxygen atoms in total. The average molecular weight is 469 g/mol. The molecule has 0 aromatic heterocycles. The SMILES string of the molecule is COc1ccc(C(=O)O/N=C2/CCc3c(Br)ccc(OC)c32)cc1Br. The lowest BCUT2D eigenvalue weighted by Gasteiger charge is -2.09. The van der Waals surface area contributed by atoms with E-state index in [2.05, 4.69) is 37.0 Å². The average Bonchev–Trinajstić information content (AvgIpc) is 3.05. The Bertz CT molecular complexity index is 864. The van der Waals surface area contributed by atoms with Gasteiger partial charge in [0.15, 0.2) is 0 Å². The van der Waals surface area contributed by atoms with Gasteiger partial charge < -0.3 is 14.3 Å². The molecular formula is C18H15Br2NO4. The zero-order chi connectivity index (χ0) is 18.0. The summed E-state index contributed by atoms with van der Waals surface area (Å²) in [5.74, 6) is 0.832. The number of hydrogen-bond acceptors (Lipinski definition) is 5. The van der Waals surface area contributed by atoms with Gasteiger partial charge in [-0.1, -0.05) is 21.1 Å². The lowest BCUT2D eigenvalue weighted by molar-refractivity contribution is 0.0516. The Morgan fingerprint density at radius 2 is 1.72 bits per heavy atom. The molecule has 130 valence electrons. The van der Waals surface area contributed by atoms with Crippen LogP contribution in [0.5, 0.6) is 11.5 Å². The van der Waals surface area contributed by atoms with Gasteiger partial charge in [-0.05, 0) is 64.7 Å². The van der Waals surface area contributed by atoms with Crippen LogP contribution in [0, 0.1) is 0 Å². The second kappa shape index (κ2) is 7.58. The Labute approximate surface area is 162 Å². The summed E-state index contributed by atoms with van der Waals surface area (Å²) >= 11 is 6.89. The second-order valence-corrected chi connectivity index (χ2v) is 7.08. The maximum atomic E-state index is 12.3. The summed E-state index contributed by atoms with van der Waals surface area (Å²) in [6, 6.07) is 8.78. The number of carbonyl (C=O) groups excluding carboxylic acids is 1. The lowest BCUT2D eigenvalue weighted by Crippen LogP contribution is -2.05. The second-order valence-electron chi connectivity index (χ2n) is 5.37. The van der Waals surface area contributed by atoms with Gasteiger partial charge >= 0.3 is 5.97 Å². The molecular weight excluding hydrogens is 454 g/mol. The van der Waals surface area contributed by atoms with E-state index in [1.54, 1.807) is 32.4 Å². The number of nitrogens with zero attached hydrogens (tertiary/aromatic N) is 1. The molecule has 0 unspecified atom stereocenters. The molecule has 2 aromatic rings. The number of hydrogen-bond donors (Lipinski definition) is 0. The fourth-order valence-electron chi connectivity index (χ4n) is 2.73. The third-order valence-corrected chi connectivity index (χ3v) is 5.33. The Balaban J connectivity index is 1.84. The molecule has 3 rings (SSSR count). The highest BCUT2D eigenvalue weighted by molar-refractivity contribution is 9.10. The topological polar surface area (TPSA) is 57.1 Å². The number of benzene rings is 2. The van der Waals surface area contributed by atoms with Crippen molar-refractivity contribution in [2.45, 2.75) is 12.8 Å². The molecule has 0 saturated carbocycles. The maximum absolute atomic E-state index is 12.3. The van der Waals surface area contributed by atoms with Crippen molar-refractivity contribution in [3.63, 3.8) is 0 Å². The minimum atomic E-state index is -0.529. The number of carbonyl (C=O) groups is 1. The molecule has 0 fully saturated rings. The van der Waals surface area contributed by atoms with Gasteiger partial charge in [-0.25, -0.2) is 4.79 Å². The summed E-state index contributed by atoms with van der Waals surface area (Å²) < 4.78 is 12.2. The molecule has 7 heteroatoms. The Morgan fingerprint density at radius 3 is 2.40 bits per heavy atom. The summed E-state index contributed by atoms with van der Waals surface area (Å²) in [6.45, 7) is 0. The van der Waals surface area contributed by atoms with Crippen molar-refractivity contribution in [3.8, 4) is 11.5 Å². The zero-order valence-corrected chi connectivity index (χ0v) is 16.8. The first-order valence-electron chi connectivity index (χ1n) is 7.52. The quantitative estimate of drug-likeness (QED) is 0.480. The lowest BCUT2D eigenvalue weighted by atomic mass is 10.1. The van der Waals surface area contributed by atoms with Crippen LogP contribution in [0.1, 0.15) is 27.9 Å².